The molecule has 0 saturated heterocycles. The van der Waals surface area contributed by atoms with E-state index in [0.29, 0.717) is 47.0 Å². The van der Waals surface area contributed by atoms with E-state index in [-0.39, 0.29) is 16.9 Å². The molecule has 2 N–H and O–H groups in total. The van der Waals surface area contributed by atoms with Crippen LogP contribution in [0.25, 0.3) is 17.0 Å². The molecule has 4 heterocycles. The number of benzene rings is 1. The maximum atomic E-state index is 14.7. The fourth-order valence-electron chi connectivity index (χ4n) is 3.59. The van der Waals surface area contributed by atoms with Crippen LogP contribution < -0.4 is 10.6 Å². The Morgan fingerprint density at radius 1 is 1.18 bits per heavy atom. The minimum Gasteiger partial charge on any atom is -0.457 e. The van der Waals surface area contributed by atoms with Gasteiger partial charge in [0.2, 0.25) is 11.5 Å². The van der Waals surface area contributed by atoms with Gasteiger partial charge in [-0.25, -0.2) is 24.3 Å². The number of nitrogens with one attached hydrogen (secondary N) is 2. The Bertz CT molecular complexity index is 1450. The number of carbonyl (C=O) groups is 1. The molecule has 0 radical (unpaired) electrons. The summed E-state index contributed by atoms with van der Waals surface area (Å²) in [4.78, 5) is 29.7. The molecule has 174 valence electrons. The van der Waals surface area contributed by atoms with E-state index in [2.05, 4.69) is 30.6 Å². The van der Waals surface area contributed by atoms with Gasteiger partial charge in [-0.1, -0.05) is 0 Å². The average molecular weight is 463 g/mol. The van der Waals surface area contributed by atoms with Crippen LogP contribution in [0.3, 0.4) is 0 Å². The molecule has 34 heavy (non-hydrogen) atoms. The van der Waals surface area contributed by atoms with E-state index in [4.69, 9.17) is 9.15 Å². The van der Waals surface area contributed by atoms with E-state index in [1.807, 2.05) is 13.8 Å². The van der Waals surface area contributed by atoms with Crippen LogP contribution in [0.4, 0.5) is 15.8 Å². The molecular weight excluding hydrogens is 441 g/mol. The summed E-state index contributed by atoms with van der Waals surface area (Å²) in [6, 6.07) is 4.66. The lowest BCUT2D eigenvalue weighted by Crippen LogP contribution is -2.26. The molecule has 11 heteroatoms. The second kappa shape index (κ2) is 7.94. The third-order valence-corrected chi connectivity index (χ3v) is 5.15. The Morgan fingerprint density at radius 2 is 2.00 bits per heavy atom. The van der Waals surface area contributed by atoms with Gasteiger partial charge in [-0.15, -0.1) is 0 Å². The number of aliphatic imine (C=N–C) groups is 1. The number of oxazole rings is 1. The van der Waals surface area contributed by atoms with Crippen molar-refractivity contribution in [1.82, 2.24) is 19.4 Å². The molecule has 0 unspecified atom stereocenters. The average Bonchev–Trinajstić information content (AvgIpc) is 3.45. The fourth-order valence-corrected chi connectivity index (χ4v) is 3.59. The molecule has 1 aromatic carbocycles. The first-order valence-corrected chi connectivity index (χ1v) is 10.6. The maximum absolute atomic E-state index is 14.7. The van der Waals surface area contributed by atoms with Gasteiger partial charge < -0.3 is 19.8 Å². The minimum atomic E-state index is -0.484. The molecule has 0 saturated carbocycles. The molecule has 0 atom stereocenters. The third-order valence-electron chi connectivity index (χ3n) is 5.15. The van der Waals surface area contributed by atoms with Gasteiger partial charge in [0, 0.05) is 30.6 Å². The lowest BCUT2D eigenvalue weighted by molar-refractivity contribution is 0.0994. The lowest BCUT2D eigenvalue weighted by atomic mass is 10.1. The van der Waals surface area contributed by atoms with Crippen molar-refractivity contribution < 1.29 is 18.3 Å². The number of hydrogen-bond acceptors (Lipinski definition) is 8. The number of hydrogen-bond donors (Lipinski definition) is 2. The van der Waals surface area contributed by atoms with Crippen LogP contribution in [0.15, 0.2) is 46.2 Å². The number of halogens is 1. The predicted molar refractivity (Wildman–Crippen MR) is 123 cm³/mol. The summed E-state index contributed by atoms with van der Waals surface area (Å²) in [7, 11) is 0. The Balaban J connectivity index is 1.39. The molecule has 1 aliphatic rings. The van der Waals surface area contributed by atoms with Crippen LogP contribution in [0.5, 0.6) is 0 Å². The highest BCUT2D eigenvalue weighted by Crippen LogP contribution is 2.27. The van der Waals surface area contributed by atoms with Gasteiger partial charge in [0.25, 0.3) is 11.9 Å². The number of imidazole rings is 1. The molecule has 1 aliphatic heterocycles. The lowest BCUT2D eigenvalue weighted by Gasteiger charge is -2.17. The molecule has 3 aromatic heterocycles. The second-order valence-corrected chi connectivity index (χ2v) is 8.58. The van der Waals surface area contributed by atoms with Crippen molar-refractivity contribution in [2.45, 2.75) is 33.3 Å². The Hall–Kier alpha value is -4.28. The van der Waals surface area contributed by atoms with Crippen LogP contribution in [0, 0.1) is 19.7 Å². The van der Waals surface area contributed by atoms with Crippen molar-refractivity contribution in [2.24, 2.45) is 4.99 Å². The molecule has 0 bridgehead atoms. The van der Waals surface area contributed by atoms with Gasteiger partial charge in [-0.2, -0.15) is 0 Å². The minimum absolute atomic E-state index is 0.111. The van der Waals surface area contributed by atoms with Crippen LogP contribution in [-0.4, -0.2) is 43.4 Å². The van der Waals surface area contributed by atoms with Gasteiger partial charge in [0.15, 0.2) is 5.89 Å². The summed E-state index contributed by atoms with van der Waals surface area (Å²) in [5, 5.41) is 5.80. The number of amidine groups is 1. The highest BCUT2D eigenvalue weighted by molar-refractivity contribution is 6.03. The predicted octanol–water partition coefficient (Wildman–Crippen LogP) is 3.97. The number of ether oxygens (including phenoxy) is 1. The number of aromatic nitrogens is 4. The molecule has 0 fully saturated rings. The summed E-state index contributed by atoms with van der Waals surface area (Å²) in [5.41, 5.74) is 1.73. The van der Waals surface area contributed by atoms with E-state index < -0.39 is 11.7 Å². The van der Waals surface area contributed by atoms with Gasteiger partial charge in [0.1, 0.15) is 11.4 Å². The van der Waals surface area contributed by atoms with Crippen LogP contribution in [0.1, 0.15) is 36.0 Å². The quantitative estimate of drug-likeness (QED) is 0.470. The summed E-state index contributed by atoms with van der Waals surface area (Å²) < 4.78 is 27.4. The third kappa shape index (κ3) is 4.19. The number of rotatable bonds is 4. The van der Waals surface area contributed by atoms with Crippen LogP contribution in [0.2, 0.25) is 0 Å². The van der Waals surface area contributed by atoms with E-state index in [9.17, 15) is 9.18 Å². The molecule has 0 spiro atoms. The van der Waals surface area contributed by atoms with Crippen molar-refractivity contribution in [3.05, 3.63) is 60.0 Å². The smallest absolute Gasteiger partial charge is 0.293 e. The zero-order valence-corrected chi connectivity index (χ0v) is 19.0. The second-order valence-electron chi connectivity index (χ2n) is 8.58. The molecule has 5 rings (SSSR count). The van der Waals surface area contributed by atoms with Crippen molar-refractivity contribution in [1.29, 1.82) is 0 Å². The van der Waals surface area contributed by atoms with Crippen molar-refractivity contribution in [2.75, 3.05) is 17.2 Å². The largest absolute Gasteiger partial charge is 0.457 e. The Kier molecular flexibility index (Phi) is 5.03. The molecule has 10 nitrogen and oxygen atoms in total. The van der Waals surface area contributed by atoms with Crippen molar-refractivity contribution in [3.63, 3.8) is 0 Å². The monoisotopic (exact) mass is 463 g/mol. The first kappa shape index (κ1) is 21.6. The fraction of sp³-hybridized carbons (Fsp3) is 0.261. The molecular formula is C23H22FN7O3. The summed E-state index contributed by atoms with van der Waals surface area (Å²) in [6.07, 6.45) is 5.01. The zero-order valence-electron chi connectivity index (χ0n) is 19.0. The van der Waals surface area contributed by atoms with E-state index in [1.54, 1.807) is 36.8 Å². The highest BCUT2D eigenvalue weighted by atomic mass is 19.1. The molecule has 1 amide bonds. The standard InChI is InChI=1S/C23H22FN7O3/c1-12-19(33-13(2)27-12)20(32)28-14-5-6-17(24)16(7-14)18-10-31-9-15(8-25-21(31)30-18)29-22-26-11-23(3,4)34-22/h5-10H,11H2,1-4H3,(H,26,29)(H,28,32). The Labute approximate surface area is 193 Å². The number of amides is 1. The SMILES string of the molecule is Cc1nc(C)c(C(=O)Nc2ccc(F)c(-c3cn4cc(NC5=NCC(C)(C)O5)cnc4n3)c2)o1. The normalized spacial score (nSPS) is 14.7. The van der Waals surface area contributed by atoms with Crippen molar-refractivity contribution in [3.8, 4) is 11.3 Å². The maximum Gasteiger partial charge on any atom is 0.293 e. The summed E-state index contributed by atoms with van der Waals surface area (Å²) >= 11 is 0. The summed E-state index contributed by atoms with van der Waals surface area (Å²) in [6.45, 7) is 7.80. The molecule has 0 aliphatic carbocycles. The van der Waals surface area contributed by atoms with E-state index in [1.165, 1.54) is 18.2 Å². The van der Waals surface area contributed by atoms with Gasteiger partial charge in [-0.3, -0.25) is 9.20 Å². The highest BCUT2D eigenvalue weighted by Gasteiger charge is 2.27. The van der Waals surface area contributed by atoms with Gasteiger partial charge >= 0.3 is 0 Å². The topological polar surface area (TPSA) is 119 Å². The van der Waals surface area contributed by atoms with Crippen LogP contribution >= 0.6 is 0 Å². The number of fused-ring (bicyclic) bond motifs is 1. The number of nitrogens with zero attached hydrogens (tertiary/aromatic N) is 5. The van der Waals surface area contributed by atoms with Gasteiger partial charge in [0.05, 0.1) is 29.8 Å². The van der Waals surface area contributed by atoms with E-state index >= 15 is 0 Å². The molecule has 4 aromatic rings. The number of aryl methyl sites for hydroxylation is 2. The van der Waals surface area contributed by atoms with Crippen molar-refractivity contribution >= 4 is 29.1 Å². The van der Waals surface area contributed by atoms with Gasteiger partial charge in [-0.05, 0) is 39.0 Å². The first-order valence-electron chi connectivity index (χ1n) is 10.6. The summed E-state index contributed by atoms with van der Waals surface area (Å²) in [5.74, 6) is -0.0641. The Morgan fingerprint density at radius 3 is 2.71 bits per heavy atom. The zero-order chi connectivity index (χ0) is 24.0. The number of anilines is 2. The number of carbonyl (C=O) groups excluding carboxylic acids is 1. The first-order chi connectivity index (χ1) is 16.2. The van der Waals surface area contributed by atoms with E-state index in [0.717, 1.165) is 0 Å². The van der Waals surface area contributed by atoms with Crippen LogP contribution in [-0.2, 0) is 4.74 Å².